The minimum atomic E-state index is 0.0152. The number of nitrogens with zero attached hydrogens (tertiary/aromatic N) is 1. The molecule has 0 aromatic carbocycles. The van der Waals surface area contributed by atoms with Crippen molar-refractivity contribution in [2.75, 3.05) is 31.8 Å². The quantitative estimate of drug-likeness (QED) is 0.756. The molecule has 1 amide bonds. The summed E-state index contributed by atoms with van der Waals surface area (Å²) in [7, 11) is 1.87. The van der Waals surface area contributed by atoms with Crippen LogP contribution in [0.4, 0.5) is 0 Å². The largest absolute Gasteiger partial charge is 0.376 e. The second-order valence-corrected chi connectivity index (χ2v) is 5.16. The van der Waals surface area contributed by atoms with Gasteiger partial charge in [-0.05, 0) is 12.8 Å². The first-order valence-electron chi connectivity index (χ1n) is 5.45. The summed E-state index contributed by atoms with van der Waals surface area (Å²) in [4.78, 5) is 13.7. The van der Waals surface area contributed by atoms with Crippen LogP contribution in [0.2, 0.25) is 0 Å². The minimum Gasteiger partial charge on any atom is -0.376 e. The summed E-state index contributed by atoms with van der Waals surface area (Å²) in [6.45, 7) is 1.59. The maximum Gasteiger partial charge on any atom is 0.240 e. The minimum absolute atomic E-state index is 0.0152. The van der Waals surface area contributed by atoms with Gasteiger partial charge in [0.15, 0.2) is 0 Å². The van der Waals surface area contributed by atoms with Gasteiger partial charge in [0.1, 0.15) is 0 Å². The lowest BCUT2D eigenvalue weighted by molar-refractivity contribution is -0.132. The summed E-state index contributed by atoms with van der Waals surface area (Å²) in [5.41, 5.74) is 0. The van der Waals surface area contributed by atoms with Crippen molar-refractivity contribution in [1.29, 1.82) is 0 Å². The van der Waals surface area contributed by atoms with Crippen LogP contribution in [0.3, 0.4) is 0 Å². The van der Waals surface area contributed by atoms with Crippen molar-refractivity contribution in [2.24, 2.45) is 0 Å². The number of nitrogens with one attached hydrogen (secondary N) is 1. The highest BCUT2D eigenvalue weighted by molar-refractivity contribution is 7.99. The standard InChI is InChI=1S/C10H18N2O2S/c1-12(5-8-3-2-4-14-8)10(13)9-6-15-7-11-9/h8-9,11H,2-7H2,1H3/t8?,9-/m1/s1. The third kappa shape index (κ3) is 2.86. The summed E-state index contributed by atoms with van der Waals surface area (Å²) >= 11 is 1.78. The average Bonchev–Trinajstić information content (AvgIpc) is 2.88. The Bertz CT molecular complexity index is 225. The van der Waals surface area contributed by atoms with E-state index >= 15 is 0 Å². The fourth-order valence-electron chi connectivity index (χ4n) is 2.00. The summed E-state index contributed by atoms with van der Waals surface area (Å²) in [5, 5.41) is 3.19. The Balaban J connectivity index is 1.78. The molecule has 0 bridgehead atoms. The monoisotopic (exact) mass is 230 g/mol. The van der Waals surface area contributed by atoms with Gasteiger partial charge in [-0.3, -0.25) is 10.1 Å². The van der Waals surface area contributed by atoms with Crippen LogP contribution < -0.4 is 5.32 Å². The van der Waals surface area contributed by atoms with Gasteiger partial charge in [0.05, 0.1) is 12.1 Å². The highest BCUT2D eigenvalue weighted by Crippen LogP contribution is 2.15. The van der Waals surface area contributed by atoms with E-state index < -0.39 is 0 Å². The maximum atomic E-state index is 11.9. The Morgan fingerprint density at radius 3 is 3.13 bits per heavy atom. The SMILES string of the molecule is CN(CC1CCCO1)C(=O)[C@H]1CSCN1. The normalized spacial score (nSPS) is 30.7. The van der Waals surface area contributed by atoms with E-state index in [1.54, 1.807) is 16.7 Å². The van der Waals surface area contributed by atoms with Gasteiger partial charge in [-0.1, -0.05) is 0 Å². The van der Waals surface area contributed by atoms with Crippen molar-refractivity contribution in [1.82, 2.24) is 10.2 Å². The summed E-state index contributed by atoms with van der Waals surface area (Å²) in [5.74, 6) is 1.99. The fourth-order valence-corrected chi connectivity index (χ4v) is 2.94. The lowest BCUT2D eigenvalue weighted by atomic mass is 10.2. The molecule has 1 N–H and O–H groups in total. The van der Waals surface area contributed by atoms with E-state index in [1.807, 2.05) is 7.05 Å². The Hall–Kier alpha value is -0.260. The Kier molecular flexibility index (Phi) is 3.88. The molecule has 0 aromatic rings. The van der Waals surface area contributed by atoms with E-state index in [-0.39, 0.29) is 18.1 Å². The molecule has 2 rings (SSSR count). The molecule has 5 heteroatoms. The molecular weight excluding hydrogens is 212 g/mol. The molecule has 2 heterocycles. The number of carbonyl (C=O) groups is 1. The number of carbonyl (C=O) groups excluding carboxylic acids is 1. The van der Waals surface area contributed by atoms with Crippen LogP contribution in [-0.2, 0) is 9.53 Å². The zero-order chi connectivity index (χ0) is 10.7. The molecular formula is C10H18N2O2S. The number of rotatable bonds is 3. The highest BCUT2D eigenvalue weighted by Gasteiger charge is 2.27. The Morgan fingerprint density at radius 2 is 2.53 bits per heavy atom. The topological polar surface area (TPSA) is 41.6 Å². The van der Waals surface area contributed by atoms with E-state index in [4.69, 9.17) is 4.74 Å². The summed E-state index contributed by atoms with van der Waals surface area (Å²) < 4.78 is 5.52. The van der Waals surface area contributed by atoms with Crippen LogP contribution in [0.25, 0.3) is 0 Å². The van der Waals surface area contributed by atoms with Crippen LogP contribution >= 0.6 is 11.8 Å². The third-order valence-electron chi connectivity index (χ3n) is 2.89. The third-order valence-corrected chi connectivity index (χ3v) is 3.83. The molecule has 2 aliphatic heterocycles. The van der Waals surface area contributed by atoms with Crippen molar-refractivity contribution in [3.8, 4) is 0 Å². The lowest BCUT2D eigenvalue weighted by Gasteiger charge is -2.23. The van der Waals surface area contributed by atoms with Crippen molar-refractivity contribution in [3.63, 3.8) is 0 Å². The molecule has 0 aliphatic carbocycles. The number of likely N-dealkylation sites (N-methyl/N-ethyl adjacent to an activating group) is 1. The smallest absolute Gasteiger partial charge is 0.240 e. The molecule has 2 aliphatic rings. The van der Waals surface area contributed by atoms with Crippen LogP contribution in [0, 0.1) is 0 Å². The predicted molar refractivity (Wildman–Crippen MR) is 60.9 cm³/mol. The molecule has 2 saturated heterocycles. The summed E-state index contributed by atoms with van der Waals surface area (Å²) in [6, 6.07) is 0.0152. The van der Waals surface area contributed by atoms with Crippen LogP contribution in [0.5, 0.6) is 0 Å². The van der Waals surface area contributed by atoms with Gasteiger partial charge < -0.3 is 9.64 Å². The molecule has 0 radical (unpaired) electrons. The first-order chi connectivity index (χ1) is 7.27. The van der Waals surface area contributed by atoms with Crippen LogP contribution in [0.15, 0.2) is 0 Å². The zero-order valence-corrected chi connectivity index (χ0v) is 9.89. The average molecular weight is 230 g/mol. The van der Waals surface area contributed by atoms with Gasteiger partial charge in [0.2, 0.25) is 5.91 Å². The van der Waals surface area contributed by atoms with Gasteiger partial charge >= 0.3 is 0 Å². The first kappa shape index (κ1) is 11.2. The highest BCUT2D eigenvalue weighted by atomic mass is 32.2. The van der Waals surface area contributed by atoms with Crippen molar-refractivity contribution in [2.45, 2.75) is 25.0 Å². The van der Waals surface area contributed by atoms with Crippen molar-refractivity contribution >= 4 is 17.7 Å². The molecule has 15 heavy (non-hydrogen) atoms. The van der Waals surface area contributed by atoms with Gasteiger partial charge in [-0.2, -0.15) is 0 Å². The van der Waals surface area contributed by atoms with Crippen molar-refractivity contribution < 1.29 is 9.53 Å². The zero-order valence-electron chi connectivity index (χ0n) is 9.07. The van der Waals surface area contributed by atoms with E-state index in [0.29, 0.717) is 0 Å². The molecule has 4 nitrogen and oxygen atoms in total. The fraction of sp³-hybridized carbons (Fsp3) is 0.900. The van der Waals surface area contributed by atoms with Gasteiger partial charge in [-0.15, -0.1) is 11.8 Å². The molecule has 2 fully saturated rings. The van der Waals surface area contributed by atoms with E-state index in [9.17, 15) is 4.79 Å². The molecule has 1 unspecified atom stereocenters. The van der Waals surface area contributed by atoms with Crippen LogP contribution in [0.1, 0.15) is 12.8 Å². The van der Waals surface area contributed by atoms with Crippen LogP contribution in [-0.4, -0.2) is 54.8 Å². The number of thioether (sulfide) groups is 1. The number of hydrogen-bond acceptors (Lipinski definition) is 4. The molecule has 0 aromatic heterocycles. The Morgan fingerprint density at radius 1 is 1.67 bits per heavy atom. The number of amides is 1. The predicted octanol–water partition coefficient (Wildman–Crippen LogP) is 0.286. The molecule has 86 valence electrons. The van der Waals surface area contributed by atoms with Gasteiger partial charge in [-0.25, -0.2) is 0 Å². The molecule has 2 atom stereocenters. The van der Waals surface area contributed by atoms with E-state index in [1.165, 1.54) is 0 Å². The maximum absolute atomic E-state index is 11.9. The first-order valence-corrected chi connectivity index (χ1v) is 6.60. The van der Waals surface area contributed by atoms with E-state index in [2.05, 4.69) is 5.32 Å². The lowest BCUT2D eigenvalue weighted by Crippen LogP contribution is -2.45. The molecule has 0 saturated carbocycles. The Labute approximate surface area is 94.7 Å². The van der Waals surface area contributed by atoms with E-state index in [0.717, 1.165) is 37.6 Å². The number of ether oxygens (including phenoxy) is 1. The second-order valence-electron chi connectivity index (χ2n) is 4.13. The van der Waals surface area contributed by atoms with Gasteiger partial charge in [0, 0.05) is 31.8 Å². The second kappa shape index (κ2) is 5.18. The number of hydrogen-bond donors (Lipinski definition) is 1. The van der Waals surface area contributed by atoms with Gasteiger partial charge in [0.25, 0.3) is 0 Å². The van der Waals surface area contributed by atoms with Crippen molar-refractivity contribution in [3.05, 3.63) is 0 Å². The summed E-state index contributed by atoms with van der Waals surface area (Å²) in [6.07, 6.45) is 2.47. The molecule has 0 spiro atoms.